The first kappa shape index (κ1) is 28.7. The second-order valence-corrected chi connectivity index (χ2v) is 17.0. The molecular formula is C30H28ClN3O5P3+3. The minimum absolute atomic E-state index is 0.540. The highest BCUT2D eigenvalue weighted by atomic mass is 35.7. The minimum Gasteiger partial charge on any atom is -0.286 e. The van der Waals surface area contributed by atoms with Gasteiger partial charge in [0.1, 0.15) is 4.86 Å². The van der Waals surface area contributed by atoms with Crippen LogP contribution in [0.15, 0.2) is 152 Å². The van der Waals surface area contributed by atoms with Gasteiger partial charge in [-0.1, -0.05) is 91.0 Å². The van der Waals surface area contributed by atoms with Crippen molar-refractivity contribution in [2.24, 2.45) is 0 Å². The monoisotopic (exact) mass is 638 g/mol. The van der Waals surface area contributed by atoms with Crippen LogP contribution in [-0.2, 0) is 0 Å². The molecule has 0 saturated carbocycles. The summed E-state index contributed by atoms with van der Waals surface area (Å²) in [7, 11) is -10.3. The fourth-order valence-electron chi connectivity index (χ4n) is 3.97. The van der Waals surface area contributed by atoms with Crippen LogP contribution in [0.2, 0.25) is 0 Å². The van der Waals surface area contributed by atoms with Crippen LogP contribution >= 0.6 is 34.4 Å². The summed E-state index contributed by atoms with van der Waals surface area (Å²) in [4.78, 5) is 10.3. The lowest BCUT2D eigenvalue weighted by atomic mass is 10.3. The van der Waals surface area contributed by atoms with Crippen LogP contribution in [0.4, 0.5) is 0 Å². The predicted molar refractivity (Wildman–Crippen MR) is 171 cm³/mol. The molecule has 0 unspecified atom stereocenters. The molecular weight excluding hydrogens is 611 g/mol. The molecule has 42 heavy (non-hydrogen) atoms. The Kier molecular flexibility index (Phi) is 8.76. The largest absolute Gasteiger partial charge is 0.599 e. The van der Waals surface area contributed by atoms with Crippen molar-refractivity contribution in [1.82, 2.24) is 14.6 Å². The second-order valence-electron chi connectivity index (χ2n) is 8.96. The van der Waals surface area contributed by atoms with E-state index in [1.165, 1.54) is 0 Å². The smallest absolute Gasteiger partial charge is 0.286 e. The first-order valence-electron chi connectivity index (χ1n) is 13.0. The number of benzene rings is 5. The molecule has 0 aliphatic carbocycles. The zero-order valence-electron chi connectivity index (χ0n) is 22.2. The maximum absolute atomic E-state index is 7.41. The van der Waals surface area contributed by atoms with E-state index in [1.807, 2.05) is 152 Å². The van der Waals surface area contributed by atoms with Gasteiger partial charge in [0.25, 0.3) is 0 Å². The van der Waals surface area contributed by atoms with E-state index in [9.17, 15) is 0 Å². The number of nitrogens with one attached hydrogen (secondary N) is 3. The number of halogens is 1. The topological polar surface area (TPSA) is 82.2 Å². The van der Waals surface area contributed by atoms with Gasteiger partial charge in [0.05, 0.1) is 9.72 Å². The molecule has 1 aliphatic heterocycles. The first-order chi connectivity index (χ1) is 20.5. The Morgan fingerprint density at radius 1 is 0.333 bits per heavy atom. The molecule has 5 aromatic rings. The van der Waals surface area contributed by atoms with Crippen molar-refractivity contribution < 1.29 is 22.6 Å². The quantitative estimate of drug-likeness (QED) is 0.131. The molecule has 1 fully saturated rings. The molecule has 212 valence electrons. The van der Waals surface area contributed by atoms with Gasteiger partial charge in [0.15, 0.2) is 40.0 Å². The van der Waals surface area contributed by atoms with E-state index in [4.69, 9.17) is 33.9 Å². The molecule has 1 saturated heterocycles. The Balaban J connectivity index is 1.50. The molecule has 5 aromatic carbocycles. The van der Waals surface area contributed by atoms with E-state index in [1.54, 1.807) is 0 Å². The number of hydrogen-bond donors (Lipinski definition) is 3. The van der Waals surface area contributed by atoms with Crippen LogP contribution in [0.1, 0.15) is 0 Å². The summed E-state index contributed by atoms with van der Waals surface area (Å²) >= 11 is 7.41. The van der Waals surface area contributed by atoms with Crippen molar-refractivity contribution in [2.45, 2.75) is 0 Å². The third-order valence-corrected chi connectivity index (χ3v) is 15.8. The van der Waals surface area contributed by atoms with Crippen LogP contribution in [0.5, 0.6) is 28.7 Å². The molecule has 0 radical (unpaired) electrons. The molecule has 0 aromatic heterocycles. The van der Waals surface area contributed by atoms with Crippen LogP contribution in [0.25, 0.3) is 0 Å². The molecule has 1 heterocycles. The summed E-state index contributed by atoms with van der Waals surface area (Å²) in [5.74, 6) is 2.72. The van der Waals surface area contributed by atoms with Crippen LogP contribution < -0.4 is 37.2 Å². The van der Waals surface area contributed by atoms with E-state index >= 15 is 0 Å². The van der Waals surface area contributed by atoms with Gasteiger partial charge in [0.2, 0.25) is 0 Å². The minimum atomic E-state index is -3.46. The third kappa shape index (κ3) is 7.30. The van der Waals surface area contributed by atoms with Crippen molar-refractivity contribution in [3.05, 3.63) is 152 Å². The Morgan fingerprint density at radius 3 is 0.833 bits per heavy atom. The number of hydrogen-bond acceptors (Lipinski definition) is 8. The fourth-order valence-corrected chi connectivity index (χ4v) is 15.6. The van der Waals surface area contributed by atoms with Crippen molar-refractivity contribution in [1.29, 1.82) is 0 Å². The van der Waals surface area contributed by atoms with E-state index in [-0.39, 0.29) is 0 Å². The molecule has 6 rings (SSSR count). The molecule has 8 nitrogen and oxygen atoms in total. The maximum Gasteiger partial charge on any atom is 0.599 e. The van der Waals surface area contributed by atoms with Gasteiger partial charge in [-0.2, -0.15) is 0 Å². The van der Waals surface area contributed by atoms with E-state index in [0.717, 1.165) is 0 Å². The summed E-state index contributed by atoms with van der Waals surface area (Å²) in [6, 6.07) is 46.6. The Morgan fingerprint density at radius 2 is 0.571 bits per heavy atom. The van der Waals surface area contributed by atoms with Crippen LogP contribution in [0, 0.1) is 0 Å². The second kappa shape index (κ2) is 12.8. The highest BCUT2D eigenvalue weighted by molar-refractivity contribution is 8.05. The SMILES string of the molecule is Cl[P+]1(Oc2ccccc2)N[P+](Oc2ccccc2)(Oc2ccccc2)N[P+](Oc2ccccc2)(Oc2ccccc2)N1. The lowest BCUT2D eigenvalue weighted by Crippen LogP contribution is -2.49. The van der Waals surface area contributed by atoms with E-state index < -0.39 is 23.2 Å². The Bertz CT molecular complexity index is 1380. The zero-order chi connectivity index (χ0) is 28.7. The normalized spacial score (nSPS) is 16.5. The third-order valence-electron chi connectivity index (χ3n) is 5.67. The van der Waals surface area contributed by atoms with E-state index in [2.05, 4.69) is 14.6 Å². The van der Waals surface area contributed by atoms with Crippen LogP contribution in [0.3, 0.4) is 0 Å². The van der Waals surface area contributed by atoms with Crippen LogP contribution in [-0.4, -0.2) is 0 Å². The lowest BCUT2D eigenvalue weighted by Gasteiger charge is -2.32. The molecule has 0 spiro atoms. The predicted octanol–water partition coefficient (Wildman–Crippen LogP) is 9.44. The number of para-hydroxylation sites is 5. The van der Waals surface area contributed by atoms with Crippen molar-refractivity contribution in [3.63, 3.8) is 0 Å². The molecule has 3 N–H and O–H groups in total. The van der Waals surface area contributed by atoms with E-state index in [0.29, 0.717) is 28.7 Å². The van der Waals surface area contributed by atoms with Gasteiger partial charge in [-0.25, -0.2) is 0 Å². The maximum atomic E-state index is 7.41. The Hall–Kier alpha value is -3.44. The standard InChI is InChI=1S/C30H28ClN3O5P3/c31-40(35-26-16-6-1-7-17-26)32-41(36-27-18-8-2-9-19-27,37-28-20-10-3-11-21-28)34-42(33-40,38-29-22-12-4-13-23-29)39-30-24-14-5-15-25-30/h1-25,32-34H/q+3. The van der Waals surface area contributed by atoms with Crippen molar-refractivity contribution in [2.75, 3.05) is 0 Å². The van der Waals surface area contributed by atoms with Gasteiger partial charge < -0.3 is 0 Å². The summed E-state index contributed by atoms with van der Waals surface area (Å²) < 4.78 is 33.1. The average molecular weight is 639 g/mol. The molecule has 12 heteroatoms. The molecule has 0 atom stereocenters. The molecule has 1 aliphatic rings. The van der Waals surface area contributed by atoms with Gasteiger partial charge in [-0.05, 0) is 60.7 Å². The van der Waals surface area contributed by atoms with Gasteiger partial charge in [-0.15, -0.1) is 0 Å². The van der Waals surface area contributed by atoms with Crippen molar-refractivity contribution in [3.8, 4) is 28.7 Å². The highest BCUT2D eigenvalue weighted by Gasteiger charge is 2.82. The fraction of sp³-hybridized carbons (Fsp3) is 0. The Labute approximate surface area is 251 Å². The van der Waals surface area contributed by atoms with Gasteiger partial charge in [0, 0.05) is 0 Å². The first-order valence-corrected chi connectivity index (χ1v) is 18.9. The summed E-state index contributed by atoms with van der Waals surface area (Å²) in [6.07, 6.45) is 0. The summed E-state index contributed by atoms with van der Waals surface area (Å²) in [5, 5.41) is 0. The molecule has 0 bridgehead atoms. The van der Waals surface area contributed by atoms with Gasteiger partial charge in [-0.3, -0.25) is 22.6 Å². The van der Waals surface area contributed by atoms with Crippen molar-refractivity contribution >= 4 is 34.4 Å². The molecule has 0 amide bonds. The van der Waals surface area contributed by atoms with Gasteiger partial charge >= 0.3 is 23.2 Å². The summed E-state index contributed by atoms with van der Waals surface area (Å²) in [6.45, 7) is 0. The lowest BCUT2D eigenvalue weighted by molar-refractivity contribution is 0.410. The summed E-state index contributed by atoms with van der Waals surface area (Å²) in [5.41, 5.74) is 0. The zero-order valence-corrected chi connectivity index (χ0v) is 25.6. The number of rotatable bonds is 10. The average Bonchev–Trinajstić information content (AvgIpc) is 2.99. The highest BCUT2D eigenvalue weighted by Crippen LogP contribution is 2.81.